The molecule has 4 rings (SSSR count). The number of halogens is 1. The summed E-state index contributed by atoms with van der Waals surface area (Å²) >= 11 is 7.17. The second kappa shape index (κ2) is 14.9. The van der Waals surface area contributed by atoms with Gasteiger partial charge in [-0.2, -0.15) is 0 Å². The molecule has 1 aliphatic heterocycles. The summed E-state index contributed by atoms with van der Waals surface area (Å²) in [4.78, 5) is 48.2. The fourth-order valence-corrected chi connectivity index (χ4v) is 6.55. The van der Waals surface area contributed by atoms with E-state index in [0.717, 1.165) is 25.7 Å². The molecule has 5 atom stereocenters. The molecular weight excluding hydrogens is 604 g/mol. The number of benzene rings is 1. The summed E-state index contributed by atoms with van der Waals surface area (Å²) in [5.41, 5.74) is -0.907. The third-order valence-electron chi connectivity index (χ3n) is 6.90. The molecule has 0 unspecified atom stereocenters. The molecule has 0 spiro atoms. The second-order valence-electron chi connectivity index (χ2n) is 10.3. The van der Waals surface area contributed by atoms with Crippen molar-refractivity contribution in [2.75, 3.05) is 6.61 Å². The lowest BCUT2D eigenvalue weighted by atomic mass is 9.97. The molecule has 2 fully saturated rings. The molecule has 0 bridgehead atoms. The third kappa shape index (κ3) is 8.83. The molecule has 15 heteroatoms. The van der Waals surface area contributed by atoms with Gasteiger partial charge in [0, 0.05) is 38.8 Å². The van der Waals surface area contributed by atoms with Crippen LogP contribution in [0.25, 0.3) is 0 Å². The van der Waals surface area contributed by atoms with Gasteiger partial charge < -0.3 is 29.0 Å². The van der Waals surface area contributed by atoms with Crippen LogP contribution >= 0.6 is 23.4 Å². The Kier molecular flexibility index (Phi) is 11.3. The lowest BCUT2D eigenvalue weighted by Gasteiger charge is -2.44. The minimum Gasteiger partial charge on any atom is -0.486 e. The van der Waals surface area contributed by atoms with E-state index in [1.807, 2.05) is 4.57 Å². The summed E-state index contributed by atoms with van der Waals surface area (Å²) in [6.07, 6.45) is 0.567. The highest BCUT2D eigenvalue weighted by atomic mass is 35.5. The SMILES string of the molecule is CC(=O)N[C@H]1[C@H](OC(C)=O)[C@@H](OC(C)=O)[C@@H](COC(C)=O)O[C@H]1Sc1nnc(COc2ccc(Cl)cc2)n1C1CCCC1. The molecule has 0 radical (unpaired) electrons. The summed E-state index contributed by atoms with van der Waals surface area (Å²) in [6.45, 7) is 4.80. The first-order valence-corrected chi connectivity index (χ1v) is 15.2. The first-order chi connectivity index (χ1) is 20.5. The summed E-state index contributed by atoms with van der Waals surface area (Å²) in [6, 6.07) is 6.14. The van der Waals surface area contributed by atoms with Crippen molar-refractivity contribution < 1.29 is 42.9 Å². The number of carbonyl (C=O) groups excluding carboxylic acids is 4. The van der Waals surface area contributed by atoms with E-state index in [4.69, 9.17) is 35.3 Å². The molecule has 1 aromatic heterocycles. The zero-order chi connectivity index (χ0) is 31.1. The first-order valence-electron chi connectivity index (χ1n) is 13.9. The molecule has 43 heavy (non-hydrogen) atoms. The van der Waals surface area contributed by atoms with Crippen molar-refractivity contribution in [3.63, 3.8) is 0 Å². The van der Waals surface area contributed by atoms with Crippen molar-refractivity contribution in [3.05, 3.63) is 35.1 Å². The fraction of sp³-hybridized carbons (Fsp3) is 0.571. The standard InChI is InChI=1S/C28H35ClN4O9S/c1-15(34)30-24-26(41-18(4)37)25(40-17(3)36)22(13-38-16(2)35)42-27(24)43-28-32-31-23(33(28)20-7-5-6-8-20)14-39-21-11-9-19(29)10-12-21/h9-12,20,22,24-27H,5-8,13-14H2,1-4H3,(H,30,34)/t22-,24+,25+,26+,27+/m1/s1. The molecule has 1 N–H and O–H groups in total. The predicted molar refractivity (Wildman–Crippen MR) is 153 cm³/mol. The smallest absolute Gasteiger partial charge is 0.303 e. The minimum atomic E-state index is -1.18. The van der Waals surface area contributed by atoms with Gasteiger partial charge in [0.15, 0.2) is 23.2 Å². The number of esters is 3. The van der Waals surface area contributed by atoms with Gasteiger partial charge in [0.1, 0.15) is 36.5 Å². The van der Waals surface area contributed by atoms with Crippen molar-refractivity contribution in [1.29, 1.82) is 0 Å². The van der Waals surface area contributed by atoms with E-state index in [1.54, 1.807) is 24.3 Å². The number of nitrogens with one attached hydrogen (secondary N) is 1. The number of amides is 1. The molecule has 234 valence electrons. The van der Waals surface area contributed by atoms with Crippen LogP contribution in [-0.2, 0) is 44.7 Å². The number of carbonyl (C=O) groups is 4. The quantitative estimate of drug-likeness (QED) is 0.283. The van der Waals surface area contributed by atoms with Gasteiger partial charge in [-0.15, -0.1) is 10.2 Å². The molecule has 1 amide bonds. The topological polar surface area (TPSA) is 157 Å². The average molecular weight is 639 g/mol. The Morgan fingerprint density at radius 1 is 0.977 bits per heavy atom. The highest BCUT2D eigenvalue weighted by molar-refractivity contribution is 7.99. The Bertz CT molecular complexity index is 1300. The van der Waals surface area contributed by atoms with Crippen LogP contribution in [0.15, 0.2) is 29.4 Å². The van der Waals surface area contributed by atoms with E-state index in [0.29, 0.717) is 21.8 Å². The third-order valence-corrected chi connectivity index (χ3v) is 8.28. The van der Waals surface area contributed by atoms with Crippen LogP contribution < -0.4 is 10.1 Å². The maximum absolute atomic E-state index is 12.3. The molecule has 2 aromatic rings. The molecule has 1 saturated carbocycles. The molecule has 2 heterocycles. The van der Waals surface area contributed by atoms with Crippen molar-refractivity contribution in [2.24, 2.45) is 0 Å². The van der Waals surface area contributed by atoms with Crippen molar-refractivity contribution in [3.8, 4) is 5.75 Å². The summed E-state index contributed by atoms with van der Waals surface area (Å²) in [7, 11) is 0. The maximum atomic E-state index is 12.3. The van der Waals surface area contributed by atoms with E-state index in [9.17, 15) is 19.2 Å². The van der Waals surface area contributed by atoms with Gasteiger partial charge >= 0.3 is 17.9 Å². The number of rotatable bonds is 11. The lowest BCUT2D eigenvalue weighted by molar-refractivity contribution is -0.211. The van der Waals surface area contributed by atoms with Crippen molar-refractivity contribution in [1.82, 2.24) is 20.1 Å². The van der Waals surface area contributed by atoms with E-state index in [-0.39, 0.29) is 19.3 Å². The van der Waals surface area contributed by atoms with Crippen LogP contribution in [0.2, 0.25) is 5.02 Å². The molecule has 2 aliphatic rings. The highest BCUT2D eigenvalue weighted by Crippen LogP contribution is 2.39. The number of hydrogen-bond acceptors (Lipinski definition) is 12. The van der Waals surface area contributed by atoms with E-state index in [2.05, 4.69) is 15.5 Å². The van der Waals surface area contributed by atoms with Gasteiger partial charge in [-0.05, 0) is 37.1 Å². The Balaban J connectivity index is 1.68. The Morgan fingerprint density at radius 3 is 2.23 bits per heavy atom. The molecule has 13 nitrogen and oxygen atoms in total. The molecule has 1 saturated heterocycles. The molecule has 1 aliphatic carbocycles. The normalized spacial score (nSPS) is 23.8. The van der Waals surface area contributed by atoms with Crippen molar-refractivity contribution >= 4 is 47.2 Å². The van der Waals surface area contributed by atoms with Gasteiger partial charge in [0.2, 0.25) is 5.91 Å². The van der Waals surface area contributed by atoms with Gasteiger partial charge in [0.25, 0.3) is 0 Å². The predicted octanol–water partition coefficient (Wildman–Crippen LogP) is 3.37. The van der Waals surface area contributed by atoms with Gasteiger partial charge in [-0.1, -0.05) is 36.2 Å². The van der Waals surface area contributed by atoms with Crippen LogP contribution in [0, 0.1) is 0 Å². The van der Waals surface area contributed by atoms with Crippen LogP contribution in [0.1, 0.15) is 65.2 Å². The number of hydrogen-bond donors (Lipinski definition) is 1. The van der Waals surface area contributed by atoms with Gasteiger partial charge in [-0.3, -0.25) is 23.7 Å². The van der Waals surface area contributed by atoms with E-state index in [1.165, 1.54) is 39.5 Å². The van der Waals surface area contributed by atoms with Crippen LogP contribution in [-0.4, -0.2) is 75.0 Å². The highest BCUT2D eigenvalue weighted by Gasteiger charge is 2.51. The van der Waals surface area contributed by atoms with Crippen LogP contribution in [0.5, 0.6) is 5.75 Å². The maximum Gasteiger partial charge on any atom is 0.303 e. The number of aromatic nitrogens is 3. The first kappa shape index (κ1) is 32.6. The summed E-state index contributed by atoms with van der Waals surface area (Å²) in [5, 5.41) is 12.8. The van der Waals surface area contributed by atoms with E-state index >= 15 is 0 Å². The Labute approximate surface area is 258 Å². The number of thioether (sulfide) groups is 1. The molecular formula is C28H35ClN4O9S. The lowest BCUT2D eigenvalue weighted by Crippen LogP contribution is -2.65. The second-order valence-corrected chi connectivity index (χ2v) is 11.8. The summed E-state index contributed by atoms with van der Waals surface area (Å²) in [5.74, 6) is -1.11. The monoisotopic (exact) mass is 638 g/mol. The van der Waals surface area contributed by atoms with E-state index < -0.39 is 53.6 Å². The Hall–Kier alpha value is -3.36. The fourth-order valence-electron chi connectivity index (χ4n) is 5.19. The number of nitrogens with zero attached hydrogens (tertiary/aromatic N) is 3. The Morgan fingerprint density at radius 2 is 1.63 bits per heavy atom. The van der Waals surface area contributed by atoms with Crippen LogP contribution in [0.4, 0.5) is 0 Å². The van der Waals surface area contributed by atoms with Crippen LogP contribution in [0.3, 0.4) is 0 Å². The summed E-state index contributed by atoms with van der Waals surface area (Å²) < 4.78 is 30.6. The zero-order valence-corrected chi connectivity index (χ0v) is 25.9. The minimum absolute atomic E-state index is 0.110. The van der Waals surface area contributed by atoms with Gasteiger partial charge in [0.05, 0.1) is 0 Å². The van der Waals surface area contributed by atoms with Gasteiger partial charge in [-0.25, -0.2) is 0 Å². The van der Waals surface area contributed by atoms with Crippen molar-refractivity contribution in [2.45, 2.75) is 101 Å². The average Bonchev–Trinajstić information content (AvgIpc) is 3.59. The zero-order valence-electron chi connectivity index (χ0n) is 24.3. The molecule has 1 aromatic carbocycles. The largest absolute Gasteiger partial charge is 0.486 e. The number of ether oxygens (including phenoxy) is 5.